The van der Waals surface area contributed by atoms with Gasteiger partial charge in [-0.3, -0.25) is 0 Å². The predicted octanol–water partition coefficient (Wildman–Crippen LogP) is 2.72. The van der Waals surface area contributed by atoms with Crippen molar-refractivity contribution in [2.45, 2.75) is 39.7 Å². The SMILES string of the molecule is COC1c2cc(C)c(C)c(CCO)c2CC1C. The van der Waals surface area contributed by atoms with E-state index in [1.165, 1.54) is 27.8 Å². The zero-order chi connectivity index (χ0) is 12.6. The average molecular weight is 234 g/mol. The second kappa shape index (κ2) is 4.79. The molecule has 0 spiro atoms. The maximum absolute atomic E-state index is 9.22. The lowest BCUT2D eigenvalue weighted by Crippen LogP contribution is -2.06. The summed E-state index contributed by atoms with van der Waals surface area (Å²) in [5.41, 5.74) is 6.74. The number of fused-ring (bicyclic) bond motifs is 1. The highest BCUT2D eigenvalue weighted by molar-refractivity contribution is 5.49. The van der Waals surface area contributed by atoms with Gasteiger partial charge in [-0.1, -0.05) is 13.0 Å². The first kappa shape index (κ1) is 12.6. The maximum Gasteiger partial charge on any atom is 0.0852 e. The zero-order valence-corrected chi connectivity index (χ0v) is 11.2. The largest absolute Gasteiger partial charge is 0.396 e. The third-order valence-electron chi connectivity index (χ3n) is 4.09. The van der Waals surface area contributed by atoms with Gasteiger partial charge in [0.1, 0.15) is 0 Å². The highest BCUT2D eigenvalue weighted by Gasteiger charge is 2.31. The van der Waals surface area contributed by atoms with Crippen molar-refractivity contribution in [3.63, 3.8) is 0 Å². The number of aliphatic hydroxyl groups excluding tert-OH is 1. The number of hydrogen-bond donors (Lipinski definition) is 1. The van der Waals surface area contributed by atoms with Crippen molar-refractivity contribution >= 4 is 0 Å². The molecule has 2 atom stereocenters. The average Bonchev–Trinajstić information content (AvgIpc) is 2.60. The number of aliphatic hydroxyl groups is 1. The topological polar surface area (TPSA) is 29.5 Å². The summed E-state index contributed by atoms with van der Waals surface area (Å²) < 4.78 is 5.62. The summed E-state index contributed by atoms with van der Waals surface area (Å²) in [7, 11) is 1.79. The fourth-order valence-electron chi connectivity index (χ4n) is 3.11. The number of hydrogen-bond acceptors (Lipinski definition) is 2. The van der Waals surface area contributed by atoms with Gasteiger partial charge in [0.25, 0.3) is 0 Å². The van der Waals surface area contributed by atoms with Gasteiger partial charge in [0.05, 0.1) is 6.10 Å². The molecular formula is C15H22O2. The Morgan fingerprint density at radius 3 is 2.71 bits per heavy atom. The molecule has 1 aliphatic rings. The van der Waals surface area contributed by atoms with Gasteiger partial charge >= 0.3 is 0 Å². The first-order valence-electron chi connectivity index (χ1n) is 6.35. The molecule has 0 fully saturated rings. The minimum atomic E-state index is 0.224. The summed E-state index contributed by atoms with van der Waals surface area (Å²) in [5, 5.41) is 9.22. The molecule has 2 rings (SSSR count). The Kier molecular flexibility index (Phi) is 3.55. The number of methoxy groups -OCH3 is 1. The number of aryl methyl sites for hydroxylation is 1. The van der Waals surface area contributed by atoms with Crippen molar-refractivity contribution in [1.82, 2.24) is 0 Å². The van der Waals surface area contributed by atoms with E-state index in [-0.39, 0.29) is 12.7 Å². The highest BCUT2D eigenvalue weighted by atomic mass is 16.5. The summed E-state index contributed by atoms with van der Waals surface area (Å²) in [6, 6.07) is 2.27. The zero-order valence-electron chi connectivity index (χ0n) is 11.2. The molecule has 1 N–H and O–H groups in total. The Balaban J connectivity index is 2.56. The Hall–Kier alpha value is -0.860. The number of rotatable bonds is 3. The van der Waals surface area contributed by atoms with Crippen LogP contribution in [0.2, 0.25) is 0 Å². The van der Waals surface area contributed by atoms with Crippen molar-refractivity contribution in [2.24, 2.45) is 5.92 Å². The van der Waals surface area contributed by atoms with E-state index < -0.39 is 0 Å². The van der Waals surface area contributed by atoms with E-state index in [9.17, 15) is 5.11 Å². The Labute approximate surface area is 104 Å². The van der Waals surface area contributed by atoms with Crippen LogP contribution >= 0.6 is 0 Å². The molecule has 1 aromatic rings. The van der Waals surface area contributed by atoms with Gasteiger partial charge in [-0.05, 0) is 60.4 Å². The Morgan fingerprint density at radius 2 is 2.12 bits per heavy atom. The molecule has 2 nitrogen and oxygen atoms in total. The fraction of sp³-hybridized carbons (Fsp3) is 0.600. The molecular weight excluding hydrogens is 212 g/mol. The fourth-order valence-corrected chi connectivity index (χ4v) is 3.11. The van der Waals surface area contributed by atoms with E-state index in [0.717, 1.165) is 12.8 Å². The van der Waals surface area contributed by atoms with Crippen LogP contribution in [0.25, 0.3) is 0 Å². The van der Waals surface area contributed by atoms with Gasteiger partial charge in [-0.15, -0.1) is 0 Å². The first-order valence-corrected chi connectivity index (χ1v) is 6.35. The maximum atomic E-state index is 9.22. The van der Waals surface area contributed by atoms with Crippen LogP contribution in [-0.4, -0.2) is 18.8 Å². The predicted molar refractivity (Wildman–Crippen MR) is 69.3 cm³/mol. The quantitative estimate of drug-likeness (QED) is 0.871. The van der Waals surface area contributed by atoms with Gasteiger partial charge in [-0.2, -0.15) is 0 Å². The van der Waals surface area contributed by atoms with Crippen molar-refractivity contribution < 1.29 is 9.84 Å². The van der Waals surface area contributed by atoms with Crippen LogP contribution in [0.15, 0.2) is 6.07 Å². The Bertz CT molecular complexity index is 423. The monoisotopic (exact) mass is 234 g/mol. The van der Waals surface area contributed by atoms with Crippen molar-refractivity contribution in [3.8, 4) is 0 Å². The molecule has 2 unspecified atom stereocenters. The Morgan fingerprint density at radius 1 is 1.41 bits per heavy atom. The van der Waals surface area contributed by atoms with Crippen molar-refractivity contribution in [2.75, 3.05) is 13.7 Å². The van der Waals surface area contributed by atoms with E-state index in [0.29, 0.717) is 5.92 Å². The molecule has 94 valence electrons. The molecule has 0 aliphatic heterocycles. The minimum absolute atomic E-state index is 0.224. The molecule has 1 aromatic carbocycles. The van der Waals surface area contributed by atoms with Gasteiger partial charge in [0, 0.05) is 13.7 Å². The van der Waals surface area contributed by atoms with Crippen LogP contribution in [0.1, 0.15) is 40.8 Å². The lowest BCUT2D eigenvalue weighted by molar-refractivity contribution is 0.0695. The molecule has 0 aromatic heterocycles. The normalized spacial score (nSPS) is 22.9. The smallest absolute Gasteiger partial charge is 0.0852 e. The second-order valence-corrected chi connectivity index (χ2v) is 5.18. The third kappa shape index (κ3) is 2.00. The van der Waals surface area contributed by atoms with Gasteiger partial charge in [0.2, 0.25) is 0 Å². The van der Waals surface area contributed by atoms with Gasteiger partial charge in [-0.25, -0.2) is 0 Å². The van der Waals surface area contributed by atoms with Crippen LogP contribution in [-0.2, 0) is 17.6 Å². The molecule has 17 heavy (non-hydrogen) atoms. The van der Waals surface area contributed by atoms with Gasteiger partial charge < -0.3 is 9.84 Å². The van der Waals surface area contributed by atoms with Crippen LogP contribution in [0.3, 0.4) is 0 Å². The van der Waals surface area contributed by atoms with E-state index in [4.69, 9.17) is 4.74 Å². The molecule has 2 heteroatoms. The van der Waals surface area contributed by atoms with Gasteiger partial charge in [0.15, 0.2) is 0 Å². The summed E-state index contributed by atoms with van der Waals surface area (Å²) >= 11 is 0. The lowest BCUT2D eigenvalue weighted by Gasteiger charge is -2.17. The molecule has 1 aliphatic carbocycles. The van der Waals surface area contributed by atoms with Crippen LogP contribution < -0.4 is 0 Å². The van der Waals surface area contributed by atoms with Crippen molar-refractivity contribution in [1.29, 1.82) is 0 Å². The van der Waals surface area contributed by atoms with E-state index >= 15 is 0 Å². The third-order valence-corrected chi connectivity index (χ3v) is 4.09. The number of benzene rings is 1. The second-order valence-electron chi connectivity index (χ2n) is 5.18. The summed E-state index contributed by atoms with van der Waals surface area (Å²) in [6.07, 6.45) is 2.06. The van der Waals surface area contributed by atoms with E-state index in [1.807, 2.05) is 0 Å². The van der Waals surface area contributed by atoms with Crippen LogP contribution in [0.5, 0.6) is 0 Å². The first-order chi connectivity index (χ1) is 8.10. The van der Waals surface area contributed by atoms with Crippen LogP contribution in [0, 0.1) is 19.8 Å². The summed E-state index contributed by atoms with van der Waals surface area (Å²) in [6.45, 7) is 6.77. The molecule has 0 amide bonds. The summed E-state index contributed by atoms with van der Waals surface area (Å²) in [4.78, 5) is 0. The molecule has 0 heterocycles. The number of ether oxygens (including phenoxy) is 1. The van der Waals surface area contributed by atoms with E-state index in [2.05, 4.69) is 26.8 Å². The van der Waals surface area contributed by atoms with E-state index in [1.54, 1.807) is 7.11 Å². The molecule has 0 saturated heterocycles. The molecule has 0 bridgehead atoms. The standard InChI is InChI=1S/C15H22O2/c1-9-7-14-13(8-10(2)15(14)17-4)12(5-6-16)11(9)3/h7,10,15-16H,5-6,8H2,1-4H3. The van der Waals surface area contributed by atoms with Crippen LogP contribution in [0.4, 0.5) is 0 Å². The molecule has 0 radical (unpaired) electrons. The summed E-state index contributed by atoms with van der Waals surface area (Å²) in [5.74, 6) is 0.536. The lowest BCUT2D eigenvalue weighted by atomic mass is 9.92. The van der Waals surface area contributed by atoms with Crippen molar-refractivity contribution in [3.05, 3.63) is 33.9 Å². The minimum Gasteiger partial charge on any atom is -0.396 e. The molecule has 0 saturated carbocycles. The highest BCUT2D eigenvalue weighted by Crippen LogP contribution is 2.41.